The molecule has 1 aliphatic rings. The molecule has 1 aliphatic heterocycles. The molecule has 0 atom stereocenters. The van der Waals surface area contributed by atoms with Gasteiger partial charge in [-0.2, -0.15) is 15.0 Å². The third-order valence-electron chi connectivity index (χ3n) is 3.26. The summed E-state index contributed by atoms with van der Waals surface area (Å²) in [4.78, 5) is 15.0. The molecule has 0 unspecified atom stereocenters. The maximum atomic E-state index is 5.82. The molecule has 2 N–H and O–H groups in total. The largest absolute Gasteiger partial charge is 0.497 e. The molecule has 0 spiro atoms. The van der Waals surface area contributed by atoms with Gasteiger partial charge in [-0.25, -0.2) is 0 Å². The Kier molecular flexibility index (Phi) is 3.83. The summed E-state index contributed by atoms with van der Waals surface area (Å²) in [5, 5.41) is 0. The topological polar surface area (TPSA) is 86.4 Å². The van der Waals surface area contributed by atoms with Gasteiger partial charge in [0.1, 0.15) is 5.75 Å². The zero-order chi connectivity index (χ0) is 14.7. The van der Waals surface area contributed by atoms with Crippen molar-refractivity contribution >= 4 is 11.9 Å². The molecule has 1 aromatic heterocycles. The smallest absolute Gasteiger partial charge is 0.230 e. The molecular formula is C14H17N5O2. The van der Waals surface area contributed by atoms with Gasteiger partial charge in [-0.05, 0) is 12.1 Å². The van der Waals surface area contributed by atoms with Crippen LogP contribution in [0.5, 0.6) is 5.75 Å². The molecule has 0 saturated carbocycles. The maximum absolute atomic E-state index is 5.82. The summed E-state index contributed by atoms with van der Waals surface area (Å²) in [6, 6.07) is 7.55. The van der Waals surface area contributed by atoms with Gasteiger partial charge < -0.3 is 20.1 Å². The average molecular weight is 287 g/mol. The lowest BCUT2D eigenvalue weighted by Gasteiger charge is -2.26. The van der Waals surface area contributed by atoms with E-state index in [0.29, 0.717) is 25.0 Å². The molecule has 2 aromatic rings. The first-order valence-electron chi connectivity index (χ1n) is 6.75. The zero-order valence-corrected chi connectivity index (χ0v) is 11.8. The number of ether oxygens (including phenoxy) is 2. The lowest BCUT2D eigenvalue weighted by Crippen LogP contribution is -2.37. The number of aromatic nitrogens is 3. The van der Waals surface area contributed by atoms with E-state index < -0.39 is 0 Å². The average Bonchev–Trinajstić information content (AvgIpc) is 2.55. The Bertz CT molecular complexity index is 629. The molecule has 2 heterocycles. The second-order valence-corrected chi connectivity index (χ2v) is 4.65. The van der Waals surface area contributed by atoms with Crippen molar-refractivity contribution in [1.82, 2.24) is 15.0 Å². The van der Waals surface area contributed by atoms with Gasteiger partial charge in [0.25, 0.3) is 0 Å². The monoisotopic (exact) mass is 287 g/mol. The van der Waals surface area contributed by atoms with Crippen molar-refractivity contribution < 1.29 is 9.47 Å². The van der Waals surface area contributed by atoms with Crippen LogP contribution in [0.25, 0.3) is 11.4 Å². The molecule has 0 radical (unpaired) electrons. The molecule has 0 amide bonds. The first kappa shape index (κ1) is 13.6. The van der Waals surface area contributed by atoms with Crippen LogP contribution in [-0.4, -0.2) is 48.4 Å². The molecule has 1 fully saturated rings. The summed E-state index contributed by atoms with van der Waals surface area (Å²) in [6.07, 6.45) is 0. The van der Waals surface area contributed by atoms with E-state index >= 15 is 0 Å². The van der Waals surface area contributed by atoms with Crippen molar-refractivity contribution in [3.05, 3.63) is 24.3 Å². The highest BCUT2D eigenvalue weighted by atomic mass is 16.5. The Morgan fingerprint density at radius 1 is 1.19 bits per heavy atom. The second kappa shape index (κ2) is 5.92. The van der Waals surface area contributed by atoms with E-state index in [1.165, 1.54) is 0 Å². The van der Waals surface area contributed by atoms with Gasteiger partial charge in [-0.15, -0.1) is 0 Å². The predicted octanol–water partition coefficient (Wildman–Crippen LogP) is 0.966. The highest BCUT2D eigenvalue weighted by Crippen LogP contribution is 2.23. The second-order valence-electron chi connectivity index (χ2n) is 4.65. The number of nitrogens with two attached hydrogens (primary N) is 1. The standard InChI is InChI=1S/C14H17N5O2/c1-20-11-4-2-3-10(9-11)12-16-13(15)18-14(17-12)19-5-7-21-8-6-19/h2-4,9H,5-8H2,1H3,(H2,15,16,17,18). The van der Waals surface area contributed by atoms with Gasteiger partial charge in [-0.1, -0.05) is 12.1 Å². The van der Waals surface area contributed by atoms with Gasteiger partial charge >= 0.3 is 0 Å². The van der Waals surface area contributed by atoms with E-state index in [0.717, 1.165) is 24.4 Å². The molecule has 1 aromatic carbocycles. The summed E-state index contributed by atoms with van der Waals surface area (Å²) in [5.74, 6) is 2.09. The first-order valence-corrected chi connectivity index (χ1v) is 6.75. The van der Waals surface area contributed by atoms with Crippen LogP contribution in [0.2, 0.25) is 0 Å². The Morgan fingerprint density at radius 2 is 2.00 bits per heavy atom. The number of methoxy groups -OCH3 is 1. The van der Waals surface area contributed by atoms with Crippen molar-refractivity contribution in [1.29, 1.82) is 0 Å². The molecular weight excluding hydrogens is 270 g/mol. The number of anilines is 2. The molecule has 0 aliphatic carbocycles. The van der Waals surface area contributed by atoms with Crippen LogP contribution >= 0.6 is 0 Å². The van der Waals surface area contributed by atoms with E-state index in [-0.39, 0.29) is 5.95 Å². The van der Waals surface area contributed by atoms with Crippen molar-refractivity contribution in [2.24, 2.45) is 0 Å². The molecule has 3 rings (SSSR count). The van der Waals surface area contributed by atoms with Crippen molar-refractivity contribution in [3.63, 3.8) is 0 Å². The fourth-order valence-corrected chi connectivity index (χ4v) is 2.18. The quantitative estimate of drug-likeness (QED) is 0.900. The van der Waals surface area contributed by atoms with Crippen molar-refractivity contribution in [2.75, 3.05) is 44.0 Å². The van der Waals surface area contributed by atoms with Gasteiger partial charge in [0.15, 0.2) is 5.82 Å². The lowest BCUT2D eigenvalue weighted by atomic mass is 10.2. The van der Waals surface area contributed by atoms with Gasteiger partial charge in [0.2, 0.25) is 11.9 Å². The molecule has 0 bridgehead atoms. The normalized spacial score (nSPS) is 15.0. The van der Waals surface area contributed by atoms with E-state index in [4.69, 9.17) is 15.2 Å². The summed E-state index contributed by atoms with van der Waals surface area (Å²) in [7, 11) is 1.63. The van der Waals surface area contributed by atoms with Crippen LogP contribution in [0.4, 0.5) is 11.9 Å². The van der Waals surface area contributed by atoms with Crippen LogP contribution < -0.4 is 15.4 Å². The maximum Gasteiger partial charge on any atom is 0.230 e. The van der Waals surface area contributed by atoms with Crippen LogP contribution in [0.3, 0.4) is 0 Å². The third-order valence-corrected chi connectivity index (χ3v) is 3.26. The molecule has 1 saturated heterocycles. The van der Waals surface area contributed by atoms with Gasteiger partial charge in [-0.3, -0.25) is 0 Å². The highest BCUT2D eigenvalue weighted by Gasteiger charge is 2.16. The first-order chi connectivity index (χ1) is 10.3. The van der Waals surface area contributed by atoms with Crippen LogP contribution in [0.1, 0.15) is 0 Å². The lowest BCUT2D eigenvalue weighted by molar-refractivity contribution is 0.122. The number of nitrogens with zero attached hydrogens (tertiary/aromatic N) is 4. The fraction of sp³-hybridized carbons (Fsp3) is 0.357. The molecule has 7 nitrogen and oxygen atoms in total. The number of morpholine rings is 1. The van der Waals surface area contributed by atoms with E-state index in [2.05, 4.69) is 15.0 Å². The van der Waals surface area contributed by atoms with E-state index in [9.17, 15) is 0 Å². The van der Waals surface area contributed by atoms with Crippen LogP contribution in [-0.2, 0) is 4.74 Å². The SMILES string of the molecule is COc1cccc(-c2nc(N)nc(N3CCOCC3)n2)c1. The number of nitrogen functional groups attached to an aromatic ring is 1. The number of rotatable bonds is 3. The molecule has 110 valence electrons. The molecule has 7 heteroatoms. The number of benzene rings is 1. The van der Waals surface area contributed by atoms with Gasteiger partial charge in [0.05, 0.1) is 20.3 Å². The van der Waals surface area contributed by atoms with Crippen LogP contribution in [0, 0.1) is 0 Å². The summed E-state index contributed by atoms with van der Waals surface area (Å²) in [5.41, 5.74) is 6.67. The minimum atomic E-state index is 0.212. The van der Waals surface area contributed by atoms with Crippen molar-refractivity contribution in [2.45, 2.75) is 0 Å². The summed E-state index contributed by atoms with van der Waals surface area (Å²) >= 11 is 0. The van der Waals surface area contributed by atoms with Crippen molar-refractivity contribution in [3.8, 4) is 17.1 Å². The number of hydrogen-bond acceptors (Lipinski definition) is 7. The minimum absolute atomic E-state index is 0.212. The number of hydrogen-bond donors (Lipinski definition) is 1. The van der Waals surface area contributed by atoms with Gasteiger partial charge in [0, 0.05) is 18.7 Å². The van der Waals surface area contributed by atoms with E-state index in [1.807, 2.05) is 29.2 Å². The summed E-state index contributed by atoms with van der Waals surface area (Å²) < 4.78 is 10.6. The Hall–Kier alpha value is -2.41. The van der Waals surface area contributed by atoms with E-state index in [1.54, 1.807) is 7.11 Å². The molecule has 21 heavy (non-hydrogen) atoms. The third kappa shape index (κ3) is 3.03. The Labute approximate surface area is 122 Å². The fourth-order valence-electron chi connectivity index (χ4n) is 2.18. The minimum Gasteiger partial charge on any atom is -0.497 e. The predicted molar refractivity (Wildman–Crippen MR) is 79.3 cm³/mol. The highest BCUT2D eigenvalue weighted by molar-refractivity contribution is 5.60. The Morgan fingerprint density at radius 3 is 2.76 bits per heavy atom. The van der Waals surface area contributed by atoms with Crippen LogP contribution in [0.15, 0.2) is 24.3 Å². The Balaban J connectivity index is 1.96. The zero-order valence-electron chi connectivity index (χ0n) is 11.8. The summed E-state index contributed by atoms with van der Waals surface area (Å²) in [6.45, 7) is 2.84.